The van der Waals surface area contributed by atoms with Gasteiger partial charge in [-0.15, -0.1) is 0 Å². The molecule has 4 rings (SSSR count). The predicted molar refractivity (Wildman–Crippen MR) is 88.7 cm³/mol. The van der Waals surface area contributed by atoms with Crippen molar-refractivity contribution in [1.29, 1.82) is 0 Å². The highest BCUT2D eigenvalue weighted by Crippen LogP contribution is 2.28. The fourth-order valence-corrected chi connectivity index (χ4v) is 2.57. The Bertz CT molecular complexity index is 1050. The first-order valence-corrected chi connectivity index (χ1v) is 7.15. The fourth-order valence-electron chi connectivity index (χ4n) is 2.57. The van der Waals surface area contributed by atoms with Crippen LogP contribution in [0, 0.1) is 18.8 Å². The van der Waals surface area contributed by atoms with Gasteiger partial charge < -0.3 is 4.42 Å². The van der Waals surface area contributed by atoms with E-state index >= 15 is 0 Å². The van der Waals surface area contributed by atoms with Gasteiger partial charge in [-0.3, -0.25) is 4.98 Å². The molecule has 0 saturated carbocycles. The molecule has 2 heteroatoms. The smallest absolute Gasteiger partial charge is 0.135 e. The summed E-state index contributed by atoms with van der Waals surface area (Å²) in [6, 6.07) is 18.0. The van der Waals surface area contributed by atoms with E-state index in [1.807, 2.05) is 49.4 Å². The van der Waals surface area contributed by atoms with Crippen LogP contribution in [0.25, 0.3) is 21.9 Å². The number of hydrogen-bond acceptors (Lipinski definition) is 2. The fraction of sp³-hybridized carbons (Fsp3) is 0.0500. The number of nitrogens with zero attached hydrogens (tertiary/aromatic N) is 1. The summed E-state index contributed by atoms with van der Waals surface area (Å²) in [5, 5.41) is 2.23. The zero-order valence-electron chi connectivity index (χ0n) is 12.1. The molecule has 0 bridgehead atoms. The molecule has 0 fully saturated rings. The van der Waals surface area contributed by atoms with Crippen molar-refractivity contribution in [2.45, 2.75) is 6.92 Å². The summed E-state index contributed by atoms with van der Waals surface area (Å²) in [5.41, 5.74) is 4.74. The first-order chi connectivity index (χ1) is 10.8. The van der Waals surface area contributed by atoms with Gasteiger partial charge in [-0.25, -0.2) is 0 Å². The van der Waals surface area contributed by atoms with E-state index in [4.69, 9.17) is 4.42 Å². The molecule has 0 saturated heterocycles. The molecular formula is C20H13NO. The standard InChI is InChI=1S/C20H13NO/c1-14-12-16(10-11-21-14)7-6-15-8-9-20-18(13-15)17-4-2-3-5-19(17)22-20/h2-5,8-13H,1H3. The Hall–Kier alpha value is -3.05. The van der Waals surface area contributed by atoms with Crippen LogP contribution in [0.15, 0.2) is 65.2 Å². The number of benzene rings is 2. The van der Waals surface area contributed by atoms with Crippen LogP contribution in [0.2, 0.25) is 0 Å². The zero-order valence-corrected chi connectivity index (χ0v) is 12.1. The molecule has 0 radical (unpaired) electrons. The number of hydrogen-bond donors (Lipinski definition) is 0. The van der Waals surface area contributed by atoms with Crippen LogP contribution in [0.3, 0.4) is 0 Å². The van der Waals surface area contributed by atoms with Crippen LogP contribution in [-0.2, 0) is 0 Å². The van der Waals surface area contributed by atoms with Crippen molar-refractivity contribution in [2.75, 3.05) is 0 Å². The number of pyridine rings is 1. The van der Waals surface area contributed by atoms with E-state index in [2.05, 4.69) is 29.0 Å². The van der Waals surface area contributed by atoms with E-state index in [0.29, 0.717) is 0 Å². The molecule has 0 amide bonds. The summed E-state index contributed by atoms with van der Waals surface area (Å²) in [7, 11) is 0. The van der Waals surface area contributed by atoms with Gasteiger partial charge in [0.1, 0.15) is 11.2 Å². The molecule has 2 heterocycles. The third-order valence-corrected chi connectivity index (χ3v) is 3.62. The highest BCUT2D eigenvalue weighted by molar-refractivity contribution is 6.05. The van der Waals surface area contributed by atoms with E-state index in [1.54, 1.807) is 6.20 Å². The molecular weight excluding hydrogens is 270 g/mol. The number of para-hydroxylation sites is 1. The normalized spacial score (nSPS) is 10.6. The molecule has 4 aromatic rings. The van der Waals surface area contributed by atoms with E-state index in [1.165, 1.54) is 0 Å². The minimum Gasteiger partial charge on any atom is -0.456 e. The molecule has 104 valence electrons. The second-order valence-corrected chi connectivity index (χ2v) is 5.25. The monoisotopic (exact) mass is 283 g/mol. The molecule has 2 nitrogen and oxygen atoms in total. The van der Waals surface area contributed by atoms with Gasteiger partial charge in [-0.1, -0.05) is 30.0 Å². The molecule has 0 unspecified atom stereocenters. The van der Waals surface area contributed by atoms with Crippen molar-refractivity contribution in [3.63, 3.8) is 0 Å². The molecule has 22 heavy (non-hydrogen) atoms. The summed E-state index contributed by atoms with van der Waals surface area (Å²) in [4.78, 5) is 4.18. The van der Waals surface area contributed by atoms with Gasteiger partial charge >= 0.3 is 0 Å². The van der Waals surface area contributed by atoms with Crippen molar-refractivity contribution in [3.05, 3.63) is 77.6 Å². The van der Waals surface area contributed by atoms with Crippen LogP contribution in [0.4, 0.5) is 0 Å². The number of aryl methyl sites for hydroxylation is 1. The zero-order chi connectivity index (χ0) is 14.9. The van der Waals surface area contributed by atoms with Crippen LogP contribution in [0.1, 0.15) is 16.8 Å². The Balaban J connectivity index is 1.81. The highest BCUT2D eigenvalue weighted by Gasteiger charge is 2.05. The Labute approximate surface area is 128 Å². The van der Waals surface area contributed by atoms with Crippen molar-refractivity contribution in [2.24, 2.45) is 0 Å². The van der Waals surface area contributed by atoms with Crippen LogP contribution in [-0.4, -0.2) is 4.98 Å². The van der Waals surface area contributed by atoms with Crippen LogP contribution >= 0.6 is 0 Å². The molecule has 0 N–H and O–H groups in total. The molecule has 0 spiro atoms. The SMILES string of the molecule is Cc1cc(C#Cc2ccc3oc4ccccc4c3c2)ccn1. The lowest BCUT2D eigenvalue weighted by Gasteiger charge is -1.93. The third-order valence-electron chi connectivity index (χ3n) is 3.62. The van der Waals surface area contributed by atoms with E-state index < -0.39 is 0 Å². The van der Waals surface area contributed by atoms with Gasteiger partial charge in [0.25, 0.3) is 0 Å². The van der Waals surface area contributed by atoms with Crippen molar-refractivity contribution < 1.29 is 4.42 Å². The predicted octanol–water partition coefficient (Wildman–Crippen LogP) is 4.69. The van der Waals surface area contributed by atoms with Gasteiger partial charge in [0.05, 0.1) is 0 Å². The molecule has 0 aliphatic rings. The largest absolute Gasteiger partial charge is 0.456 e. The topological polar surface area (TPSA) is 26.0 Å². The Kier molecular flexibility index (Phi) is 2.91. The van der Waals surface area contributed by atoms with E-state index in [0.717, 1.165) is 38.8 Å². The maximum atomic E-state index is 5.83. The minimum atomic E-state index is 0.895. The van der Waals surface area contributed by atoms with E-state index in [9.17, 15) is 0 Å². The summed E-state index contributed by atoms with van der Waals surface area (Å²) >= 11 is 0. The highest BCUT2D eigenvalue weighted by atomic mass is 16.3. The van der Waals surface area contributed by atoms with Crippen molar-refractivity contribution >= 4 is 21.9 Å². The van der Waals surface area contributed by atoms with Gasteiger partial charge in [0.2, 0.25) is 0 Å². The van der Waals surface area contributed by atoms with Crippen LogP contribution < -0.4 is 0 Å². The first kappa shape index (κ1) is 12.7. The summed E-state index contributed by atoms with van der Waals surface area (Å²) < 4.78 is 5.83. The molecule has 0 aliphatic carbocycles. The number of furan rings is 1. The van der Waals surface area contributed by atoms with Gasteiger partial charge in [-0.05, 0) is 43.3 Å². The lowest BCUT2D eigenvalue weighted by molar-refractivity contribution is 0.669. The number of rotatable bonds is 0. The average molecular weight is 283 g/mol. The quantitative estimate of drug-likeness (QED) is 0.438. The second kappa shape index (κ2) is 5.05. The molecule has 2 aromatic heterocycles. The lowest BCUT2D eigenvalue weighted by Crippen LogP contribution is -1.81. The average Bonchev–Trinajstić information content (AvgIpc) is 2.91. The van der Waals surface area contributed by atoms with Crippen molar-refractivity contribution in [1.82, 2.24) is 4.98 Å². The third kappa shape index (κ3) is 2.23. The summed E-state index contributed by atoms with van der Waals surface area (Å²) in [6.45, 7) is 1.97. The lowest BCUT2D eigenvalue weighted by atomic mass is 10.1. The molecule has 0 aliphatic heterocycles. The Morgan fingerprint density at radius 1 is 0.818 bits per heavy atom. The maximum absolute atomic E-state index is 5.83. The Morgan fingerprint density at radius 2 is 1.59 bits per heavy atom. The minimum absolute atomic E-state index is 0.895. The number of aromatic nitrogens is 1. The van der Waals surface area contributed by atoms with E-state index in [-0.39, 0.29) is 0 Å². The second-order valence-electron chi connectivity index (χ2n) is 5.25. The Morgan fingerprint density at radius 3 is 2.45 bits per heavy atom. The van der Waals surface area contributed by atoms with Gasteiger partial charge in [0.15, 0.2) is 0 Å². The van der Waals surface area contributed by atoms with Crippen molar-refractivity contribution in [3.8, 4) is 11.8 Å². The first-order valence-electron chi connectivity index (χ1n) is 7.15. The number of fused-ring (bicyclic) bond motifs is 3. The van der Waals surface area contributed by atoms with Crippen LogP contribution in [0.5, 0.6) is 0 Å². The maximum Gasteiger partial charge on any atom is 0.135 e. The summed E-state index contributed by atoms with van der Waals surface area (Å²) in [5.74, 6) is 6.40. The molecule has 2 aromatic carbocycles. The van der Waals surface area contributed by atoms with Gasteiger partial charge in [0, 0.05) is 33.8 Å². The van der Waals surface area contributed by atoms with Gasteiger partial charge in [-0.2, -0.15) is 0 Å². The summed E-state index contributed by atoms with van der Waals surface area (Å²) in [6.07, 6.45) is 1.78. The molecule has 0 atom stereocenters.